The van der Waals surface area contributed by atoms with Crippen LogP contribution in [0.25, 0.3) is 10.9 Å². The predicted molar refractivity (Wildman–Crippen MR) is 112 cm³/mol. The van der Waals surface area contributed by atoms with E-state index in [0.29, 0.717) is 17.9 Å². The van der Waals surface area contributed by atoms with Crippen LogP contribution in [0.3, 0.4) is 0 Å². The number of halogens is 3. The molecule has 0 radical (unpaired) electrons. The lowest BCUT2D eigenvalue weighted by molar-refractivity contribution is -0.137. The Morgan fingerprint density at radius 2 is 1.83 bits per heavy atom. The van der Waals surface area contributed by atoms with Crippen molar-refractivity contribution in [2.75, 3.05) is 12.4 Å². The van der Waals surface area contributed by atoms with Crippen LogP contribution in [0, 0.1) is 0 Å². The van der Waals surface area contributed by atoms with Gasteiger partial charge < -0.3 is 19.7 Å². The van der Waals surface area contributed by atoms with Gasteiger partial charge in [-0.1, -0.05) is 30.3 Å². The lowest BCUT2D eigenvalue weighted by Gasteiger charge is -2.14. The maximum atomic E-state index is 12.8. The fourth-order valence-corrected chi connectivity index (χ4v) is 4.19. The van der Waals surface area contributed by atoms with Crippen LogP contribution < -0.4 is 10.1 Å². The summed E-state index contributed by atoms with van der Waals surface area (Å²) in [6.07, 6.45) is -3.46. The second-order valence-corrected chi connectivity index (χ2v) is 7.57. The van der Waals surface area contributed by atoms with Crippen LogP contribution in [-0.2, 0) is 12.7 Å². The van der Waals surface area contributed by atoms with Gasteiger partial charge in [0.25, 0.3) is 0 Å². The molecule has 0 bridgehead atoms. The molecule has 2 N–H and O–H groups in total. The summed E-state index contributed by atoms with van der Waals surface area (Å²) in [5.41, 5.74) is 2.35. The minimum Gasteiger partial charge on any atom is -0.495 e. The van der Waals surface area contributed by atoms with Crippen molar-refractivity contribution in [3.63, 3.8) is 0 Å². The second-order valence-electron chi connectivity index (χ2n) is 6.82. The van der Waals surface area contributed by atoms with Crippen molar-refractivity contribution in [3.8, 4) is 5.75 Å². The minimum atomic E-state index is -4.35. The minimum absolute atomic E-state index is 0.401. The number of para-hydroxylation sites is 1. The van der Waals surface area contributed by atoms with Crippen LogP contribution in [0.15, 0.2) is 65.5 Å². The van der Waals surface area contributed by atoms with E-state index < -0.39 is 18.0 Å². The zero-order chi connectivity index (χ0) is 21.3. The summed E-state index contributed by atoms with van der Waals surface area (Å²) in [7, 11) is 1.55. The Morgan fingerprint density at radius 1 is 1.10 bits per heavy atom. The summed E-state index contributed by atoms with van der Waals surface area (Å²) < 4.78 is 45.6. The summed E-state index contributed by atoms with van der Waals surface area (Å²) in [5.74, 6) is 0.605. The van der Waals surface area contributed by atoms with E-state index in [-0.39, 0.29) is 0 Å². The first-order chi connectivity index (χ1) is 14.4. The molecule has 2 aromatic heterocycles. The molecule has 4 aromatic rings. The maximum Gasteiger partial charge on any atom is 0.416 e. The Labute approximate surface area is 175 Å². The van der Waals surface area contributed by atoms with E-state index in [1.54, 1.807) is 7.11 Å². The number of fused-ring (bicyclic) bond motifs is 1. The van der Waals surface area contributed by atoms with Crippen LogP contribution in [0.2, 0.25) is 0 Å². The Balaban J connectivity index is 1.62. The number of anilines is 1. The van der Waals surface area contributed by atoms with Gasteiger partial charge in [0.2, 0.25) is 0 Å². The molecule has 0 fully saturated rings. The summed E-state index contributed by atoms with van der Waals surface area (Å²) in [5, 5.41) is 18.3. The molecule has 0 aliphatic heterocycles. The fourth-order valence-electron chi connectivity index (χ4n) is 3.37. The molecule has 0 aliphatic carbocycles. The van der Waals surface area contributed by atoms with Crippen molar-refractivity contribution in [2.45, 2.75) is 18.9 Å². The quantitative estimate of drug-likeness (QED) is 0.374. The monoisotopic (exact) mass is 432 g/mol. The van der Waals surface area contributed by atoms with E-state index in [9.17, 15) is 18.3 Å². The highest BCUT2D eigenvalue weighted by atomic mass is 32.1. The third kappa shape index (κ3) is 4.01. The van der Waals surface area contributed by atoms with Gasteiger partial charge in [-0.3, -0.25) is 0 Å². The number of hydrogen-bond donors (Lipinski definition) is 2. The highest BCUT2D eigenvalue weighted by Gasteiger charge is 2.29. The average molecular weight is 432 g/mol. The predicted octanol–water partition coefficient (Wildman–Crippen LogP) is 5.88. The molecular weight excluding hydrogens is 413 g/mol. The van der Waals surface area contributed by atoms with E-state index in [4.69, 9.17) is 4.74 Å². The molecule has 4 rings (SSSR count). The number of ether oxygens (including phenoxy) is 1. The van der Waals surface area contributed by atoms with Crippen molar-refractivity contribution in [1.82, 2.24) is 4.57 Å². The van der Waals surface area contributed by atoms with Crippen molar-refractivity contribution >= 4 is 27.9 Å². The van der Waals surface area contributed by atoms with Crippen molar-refractivity contribution in [1.29, 1.82) is 0 Å². The molecule has 30 heavy (non-hydrogen) atoms. The number of aliphatic hydroxyl groups is 1. The number of alkyl halides is 3. The van der Waals surface area contributed by atoms with Gasteiger partial charge in [0.05, 0.1) is 29.4 Å². The van der Waals surface area contributed by atoms with Gasteiger partial charge >= 0.3 is 6.18 Å². The van der Waals surface area contributed by atoms with Crippen molar-refractivity contribution < 1.29 is 23.0 Å². The zero-order valence-electron chi connectivity index (χ0n) is 16.0. The van der Waals surface area contributed by atoms with E-state index in [0.717, 1.165) is 34.3 Å². The molecule has 2 aromatic carbocycles. The molecule has 0 aliphatic rings. The molecule has 1 atom stereocenters. The van der Waals surface area contributed by atoms with Gasteiger partial charge in [-0.25, -0.2) is 0 Å². The lowest BCUT2D eigenvalue weighted by atomic mass is 10.1. The molecular formula is C22H19F3N2O2S. The number of benzene rings is 2. The van der Waals surface area contributed by atoms with Gasteiger partial charge in [-0.15, -0.1) is 11.3 Å². The number of hydrogen-bond acceptors (Lipinski definition) is 4. The molecule has 1 unspecified atom stereocenters. The summed E-state index contributed by atoms with van der Waals surface area (Å²) in [6, 6.07) is 12.8. The summed E-state index contributed by atoms with van der Waals surface area (Å²) in [6.45, 7) is 0.401. The fraction of sp³-hybridized carbons (Fsp3) is 0.182. The first kappa shape index (κ1) is 20.3. The van der Waals surface area contributed by atoms with Crippen LogP contribution in [-0.4, -0.2) is 16.8 Å². The topological polar surface area (TPSA) is 46.4 Å². The molecule has 2 heterocycles. The summed E-state index contributed by atoms with van der Waals surface area (Å²) in [4.78, 5) is 0. The lowest BCUT2D eigenvalue weighted by Crippen LogP contribution is -2.09. The summed E-state index contributed by atoms with van der Waals surface area (Å²) >= 11 is 1.43. The Kier molecular flexibility index (Phi) is 5.44. The molecule has 8 heteroatoms. The van der Waals surface area contributed by atoms with Gasteiger partial charge in [0, 0.05) is 28.9 Å². The number of thiophene rings is 1. The van der Waals surface area contributed by atoms with E-state index in [1.165, 1.54) is 23.5 Å². The zero-order valence-corrected chi connectivity index (χ0v) is 16.8. The van der Waals surface area contributed by atoms with E-state index in [1.807, 2.05) is 45.8 Å². The van der Waals surface area contributed by atoms with Crippen LogP contribution in [0.1, 0.15) is 22.9 Å². The Morgan fingerprint density at radius 3 is 2.53 bits per heavy atom. The van der Waals surface area contributed by atoms with Gasteiger partial charge in [0.1, 0.15) is 5.75 Å². The number of nitrogens with one attached hydrogen (secondary N) is 1. The molecule has 4 nitrogen and oxygen atoms in total. The largest absolute Gasteiger partial charge is 0.495 e. The molecule has 0 saturated carbocycles. The third-order valence-electron chi connectivity index (χ3n) is 4.88. The van der Waals surface area contributed by atoms with E-state index in [2.05, 4.69) is 5.32 Å². The Bertz CT molecular complexity index is 1150. The third-order valence-corrected chi connectivity index (χ3v) is 5.62. The second kappa shape index (κ2) is 8.04. The first-order valence-electron chi connectivity index (χ1n) is 9.15. The Hall–Kier alpha value is -2.97. The molecule has 156 valence electrons. The highest BCUT2D eigenvalue weighted by Crippen LogP contribution is 2.34. The smallest absolute Gasteiger partial charge is 0.416 e. The SMILES string of the molecule is COc1cscc1C(O)Nc1cn(Cc2ccc(C(F)(F)F)cc2)c2ccccc12. The highest BCUT2D eigenvalue weighted by molar-refractivity contribution is 7.08. The van der Waals surface area contributed by atoms with Crippen molar-refractivity contribution in [2.24, 2.45) is 0 Å². The molecule has 0 spiro atoms. The normalized spacial score (nSPS) is 12.8. The van der Waals surface area contributed by atoms with Crippen LogP contribution in [0.5, 0.6) is 5.75 Å². The van der Waals surface area contributed by atoms with Gasteiger partial charge in [-0.2, -0.15) is 13.2 Å². The van der Waals surface area contributed by atoms with Crippen LogP contribution >= 0.6 is 11.3 Å². The van der Waals surface area contributed by atoms with Gasteiger partial charge in [0.15, 0.2) is 6.23 Å². The molecule has 0 saturated heterocycles. The number of methoxy groups -OCH3 is 1. The van der Waals surface area contributed by atoms with Crippen LogP contribution in [0.4, 0.5) is 18.9 Å². The molecule has 0 amide bonds. The number of nitrogens with zero attached hydrogens (tertiary/aromatic N) is 1. The number of aliphatic hydroxyl groups excluding tert-OH is 1. The average Bonchev–Trinajstić information content (AvgIpc) is 3.33. The van der Waals surface area contributed by atoms with Gasteiger partial charge in [-0.05, 0) is 23.8 Å². The standard InChI is InChI=1S/C22H19F3N2O2S/c1-29-20-13-30-12-17(20)21(28)26-18-11-27(19-5-3-2-4-16(18)19)10-14-6-8-15(9-7-14)22(23,24)25/h2-9,11-13,21,26,28H,10H2,1H3. The first-order valence-corrected chi connectivity index (χ1v) is 10.1. The number of aromatic nitrogens is 1. The number of rotatable bonds is 6. The van der Waals surface area contributed by atoms with E-state index >= 15 is 0 Å². The van der Waals surface area contributed by atoms with Crippen molar-refractivity contribution in [3.05, 3.63) is 82.2 Å². The maximum absolute atomic E-state index is 12.8.